The molecule has 38 heavy (non-hydrogen) atoms. The van der Waals surface area contributed by atoms with Gasteiger partial charge in [0.05, 0.1) is 21.4 Å². The van der Waals surface area contributed by atoms with Crippen molar-refractivity contribution in [1.29, 1.82) is 0 Å². The fourth-order valence-electron chi connectivity index (χ4n) is 5.11. The van der Waals surface area contributed by atoms with Gasteiger partial charge in [0, 0.05) is 17.1 Å². The number of H-pyrrole nitrogens is 1. The summed E-state index contributed by atoms with van der Waals surface area (Å²) >= 11 is 7.61. The summed E-state index contributed by atoms with van der Waals surface area (Å²) in [6, 6.07) is 15.8. The van der Waals surface area contributed by atoms with Crippen molar-refractivity contribution in [2.24, 2.45) is 0 Å². The van der Waals surface area contributed by atoms with Crippen molar-refractivity contribution in [3.63, 3.8) is 0 Å². The largest absolute Gasteiger partial charge is 0.340 e. The standard InChI is InChI=1S/C29H23ClF2N4OS/c1-16-21(30)11-12-22-23(16)35-28(33-22)29(2)13-4-14-36(29)27(37)24-25(17-7-9-19(31)10-8-17)38-26(34-24)18-5-3-6-20(32)15-18/h3,5-12,15H,4,13-14H2,1-2H3,(H,33,35)/t29-/m0/s1. The molecule has 9 heteroatoms. The predicted octanol–water partition coefficient (Wildman–Crippen LogP) is 7.74. The van der Waals surface area contributed by atoms with Crippen LogP contribution in [0.2, 0.25) is 5.02 Å². The Labute approximate surface area is 227 Å². The predicted molar refractivity (Wildman–Crippen MR) is 146 cm³/mol. The van der Waals surface area contributed by atoms with Gasteiger partial charge in [0.25, 0.3) is 5.91 Å². The zero-order chi connectivity index (χ0) is 26.6. The van der Waals surface area contributed by atoms with Crippen LogP contribution in [0.5, 0.6) is 0 Å². The molecule has 0 unspecified atom stereocenters. The van der Waals surface area contributed by atoms with Crippen LogP contribution in [-0.4, -0.2) is 32.3 Å². The van der Waals surface area contributed by atoms with Crippen molar-refractivity contribution in [1.82, 2.24) is 19.9 Å². The second-order valence-electron chi connectivity index (χ2n) is 9.70. The number of nitrogens with one attached hydrogen (secondary N) is 1. The van der Waals surface area contributed by atoms with Crippen molar-refractivity contribution < 1.29 is 13.6 Å². The number of likely N-dealkylation sites (tertiary alicyclic amines) is 1. The van der Waals surface area contributed by atoms with Crippen molar-refractivity contribution in [2.75, 3.05) is 6.54 Å². The summed E-state index contributed by atoms with van der Waals surface area (Å²) in [7, 11) is 0. The number of halogens is 3. The van der Waals surface area contributed by atoms with Crippen LogP contribution in [-0.2, 0) is 5.54 Å². The normalized spacial score (nSPS) is 17.4. The van der Waals surface area contributed by atoms with Crippen LogP contribution >= 0.6 is 22.9 Å². The van der Waals surface area contributed by atoms with Crippen LogP contribution in [0.15, 0.2) is 60.7 Å². The molecule has 0 radical (unpaired) electrons. The molecule has 1 atom stereocenters. The SMILES string of the molecule is Cc1c(Cl)ccc2[nH]c([C@]3(C)CCCN3C(=O)c3nc(-c4cccc(F)c4)sc3-c3ccc(F)cc3)nc12. The summed E-state index contributed by atoms with van der Waals surface area (Å²) in [5.41, 5.74) is 3.32. The van der Waals surface area contributed by atoms with Gasteiger partial charge in [-0.15, -0.1) is 11.3 Å². The number of thiazole rings is 1. The average Bonchev–Trinajstić information content (AvgIpc) is 3.64. The number of rotatable bonds is 4. The van der Waals surface area contributed by atoms with Gasteiger partial charge in [-0.2, -0.15) is 0 Å². The maximum Gasteiger partial charge on any atom is 0.274 e. The minimum absolute atomic E-state index is 0.251. The number of amides is 1. The molecule has 0 aliphatic carbocycles. The fraction of sp³-hybridized carbons (Fsp3) is 0.207. The summed E-state index contributed by atoms with van der Waals surface area (Å²) in [6.45, 7) is 4.46. The maximum atomic E-state index is 14.2. The average molecular weight is 549 g/mol. The molecular formula is C29H23ClF2N4OS. The fourth-order valence-corrected chi connectivity index (χ4v) is 6.32. The zero-order valence-corrected chi connectivity index (χ0v) is 22.3. The highest BCUT2D eigenvalue weighted by molar-refractivity contribution is 7.18. The molecule has 5 nitrogen and oxygen atoms in total. The number of aromatic amines is 1. The summed E-state index contributed by atoms with van der Waals surface area (Å²) in [6.07, 6.45) is 1.52. The molecule has 1 fully saturated rings. The quantitative estimate of drug-likeness (QED) is 0.250. The number of carbonyl (C=O) groups excluding carboxylic acids is 1. The Morgan fingerprint density at radius 2 is 1.84 bits per heavy atom. The first-order valence-electron chi connectivity index (χ1n) is 12.2. The first-order valence-corrected chi connectivity index (χ1v) is 13.4. The van der Waals surface area contributed by atoms with E-state index in [1.807, 2.05) is 26.0 Å². The Balaban J connectivity index is 1.45. The number of hydrogen-bond acceptors (Lipinski definition) is 4. The molecule has 6 rings (SSSR count). The number of aryl methyl sites for hydroxylation is 1. The second-order valence-corrected chi connectivity index (χ2v) is 11.1. The van der Waals surface area contributed by atoms with Gasteiger partial charge >= 0.3 is 0 Å². The van der Waals surface area contributed by atoms with E-state index in [1.165, 1.54) is 35.6 Å². The number of imidazole rings is 1. The number of fused-ring (bicyclic) bond motifs is 1. The molecule has 3 aromatic carbocycles. The van der Waals surface area contributed by atoms with E-state index in [4.69, 9.17) is 21.6 Å². The van der Waals surface area contributed by atoms with Crippen molar-refractivity contribution in [3.8, 4) is 21.0 Å². The van der Waals surface area contributed by atoms with Gasteiger partial charge in [0.2, 0.25) is 0 Å². The van der Waals surface area contributed by atoms with Crippen LogP contribution in [0.4, 0.5) is 8.78 Å². The van der Waals surface area contributed by atoms with Crippen LogP contribution in [0, 0.1) is 18.6 Å². The molecule has 1 N–H and O–H groups in total. The molecule has 1 saturated heterocycles. The first-order chi connectivity index (χ1) is 18.2. The third kappa shape index (κ3) is 4.08. The minimum Gasteiger partial charge on any atom is -0.340 e. The number of carbonyl (C=O) groups is 1. The molecule has 1 amide bonds. The number of benzene rings is 3. The Morgan fingerprint density at radius 1 is 1.05 bits per heavy atom. The van der Waals surface area contributed by atoms with Crippen LogP contribution in [0.1, 0.15) is 41.6 Å². The Kier molecular flexibility index (Phi) is 6.04. The van der Waals surface area contributed by atoms with E-state index >= 15 is 0 Å². The molecule has 0 saturated carbocycles. The summed E-state index contributed by atoms with van der Waals surface area (Å²) < 4.78 is 27.7. The van der Waals surface area contributed by atoms with Gasteiger partial charge in [0.1, 0.15) is 28.2 Å². The summed E-state index contributed by atoms with van der Waals surface area (Å²) in [5.74, 6) is -0.323. The van der Waals surface area contributed by atoms with Crippen molar-refractivity contribution in [2.45, 2.75) is 32.2 Å². The van der Waals surface area contributed by atoms with Crippen molar-refractivity contribution >= 4 is 39.9 Å². The highest BCUT2D eigenvalue weighted by Gasteiger charge is 2.45. The van der Waals surface area contributed by atoms with Crippen LogP contribution < -0.4 is 0 Å². The molecule has 192 valence electrons. The lowest BCUT2D eigenvalue weighted by atomic mass is 9.97. The maximum absolute atomic E-state index is 14.2. The van der Waals surface area contributed by atoms with Crippen molar-refractivity contribution in [3.05, 3.63) is 94.4 Å². The van der Waals surface area contributed by atoms with E-state index in [9.17, 15) is 13.6 Å². The highest BCUT2D eigenvalue weighted by atomic mass is 35.5. The van der Waals surface area contributed by atoms with Gasteiger partial charge < -0.3 is 9.88 Å². The number of aromatic nitrogens is 3. The lowest BCUT2D eigenvalue weighted by Gasteiger charge is -2.33. The Hall–Kier alpha value is -3.62. The van der Waals surface area contributed by atoms with Crippen LogP contribution in [0.25, 0.3) is 32.0 Å². The second kappa shape index (κ2) is 9.29. The van der Waals surface area contributed by atoms with Gasteiger partial charge in [-0.3, -0.25) is 4.79 Å². The molecule has 1 aliphatic heterocycles. The van der Waals surface area contributed by atoms with Gasteiger partial charge in [0.15, 0.2) is 0 Å². The molecule has 0 bridgehead atoms. The third-order valence-corrected chi connectivity index (χ3v) is 8.81. The van der Waals surface area contributed by atoms with Gasteiger partial charge in [-0.1, -0.05) is 35.9 Å². The molecular weight excluding hydrogens is 526 g/mol. The summed E-state index contributed by atoms with van der Waals surface area (Å²) in [5, 5.41) is 1.15. The molecule has 0 spiro atoms. The highest BCUT2D eigenvalue weighted by Crippen LogP contribution is 2.42. The Bertz CT molecular complexity index is 1700. The lowest BCUT2D eigenvalue weighted by molar-refractivity contribution is 0.0601. The molecule has 2 aromatic heterocycles. The van der Waals surface area contributed by atoms with Crippen LogP contribution in [0.3, 0.4) is 0 Å². The van der Waals surface area contributed by atoms with E-state index in [-0.39, 0.29) is 23.2 Å². The van der Waals surface area contributed by atoms with E-state index in [2.05, 4.69) is 4.98 Å². The monoisotopic (exact) mass is 548 g/mol. The van der Waals surface area contributed by atoms with E-state index in [1.54, 1.807) is 29.2 Å². The minimum atomic E-state index is -0.697. The smallest absolute Gasteiger partial charge is 0.274 e. The van der Waals surface area contributed by atoms with Gasteiger partial charge in [-0.25, -0.2) is 18.7 Å². The number of hydrogen-bond donors (Lipinski definition) is 1. The molecule has 3 heterocycles. The van der Waals surface area contributed by atoms with E-state index in [0.717, 1.165) is 29.4 Å². The third-order valence-electron chi connectivity index (χ3n) is 7.25. The Morgan fingerprint density at radius 3 is 2.61 bits per heavy atom. The summed E-state index contributed by atoms with van der Waals surface area (Å²) in [4.78, 5) is 29.6. The molecule has 5 aromatic rings. The van der Waals surface area contributed by atoms with E-state index < -0.39 is 5.54 Å². The molecule has 1 aliphatic rings. The first kappa shape index (κ1) is 24.7. The topological polar surface area (TPSA) is 61.9 Å². The number of nitrogens with zero attached hydrogens (tertiary/aromatic N) is 3. The van der Waals surface area contributed by atoms with Gasteiger partial charge in [-0.05, 0) is 74.2 Å². The van der Waals surface area contributed by atoms with E-state index in [0.29, 0.717) is 38.4 Å². The lowest BCUT2D eigenvalue weighted by Crippen LogP contribution is -2.44. The zero-order valence-electron chi connectivity index (χ0n) is 20.7.